The standard InChI is InChI=1S/C19H16ClF3N2O3S/c20-13-7-14(11-2-1-3-12(6-11)28-10-19(21,22)23)29-16(13)17(27)25-8-18(9-25)5-4-15(26)24-18/h1-3,6-7H,4-5,8-10H2,(H,24,26). The monoisotopic (exact) mass is 444 g/mol. The number of nitrogens with one attached hydrogen (secondary N) is 1. The predicted octanol–water partition coefficient (Wildman–Crippen LogP) is 4.11. The fourth-order valence-electron chi connectivity index (χ4n) is 3.54. The molecule has 0 saturated carbocycles. The van der Waals surface area contributed by atoms with E-state index in [1.807, 2.05) is 0 Å². The number of nitrogens with zero attached hydrogens (tertiary/aromatic N) is 1. The van der Waals surface area contributed by atoms with Crippen LogP contribution in [0.4, 0.5) is 13.2 Å². The summed E-state index contributed by atoms with van der Waals surface area (Å²) in [5.41, 5.74) is 0.294. The number of alkyl halides is 3. The number of halogens is 4. The third kappa shape index (κ3) is 4.20. The van der Waals surface area contributed by atoms with Gasteiger partial charge in [-0.15, -0.1) is 11.3 Å². The van der Waals surface area contributed by atoms with E-state index in [2.05, 4.69) is 5.32 Å². The van der Waals surface area contributed by atoms with Gasteiger partial charge < -0.3 is 15.0 Å². The quantitative estimate of drug-likeness (QED) is 0.772. The molecule has 4 rings (SSSR count). The minimum absolute atomic E-state index is 0.00108. The SMILES string of the molecule is O=C1CCC2(CN(C(=O)c3sc(-c4cccc(OCC(F)(F)F)c4)cc3Cl)C2)N1. The Bertz CT molecular complexity index is 970. The van der Waals surface area contributed by atoms with Crippen LogP contribution in [-0.4, -0.2) is 48.1 Å². The maximum atomic E-state index is 12.8. The van der Waals surface area contributed by atoms with Crippen molar-refractivity contribution in [2.24, 2.45) is 0 Å². The molecular formula is C19H16ClF3N2O3S. The summed E-state index contributed by atoms with van der Waals surface area (Å²) in [5.74, 6) is -0.137. The number of benzene rings is 1. The lowest BCUT2D eigenvalue weighted by Crippen LogP contribution is -2.68. The Morgan fingerprint density at radius 2 is 2.07 bits per heavy atom. The summed E-state index contributed by atoms with van der Waals surface area (Å²) >= 11 is 7.44. The van der Waals surface area contributed by atoms with Crippen LogP contribution in [0.1, 0.15) is 22.5 Å². The van der Waals surface area contributed by atoms with E-state index in [0.717, 1.165) is 0 Å². The average Bonchev–Trinajstić information content (AvgIpc) is 3.21. The molecule has 0 aliphatic carbocycles. The zero-order chi connectivity index (χ0) is 20.8. The maximum Gasteiger partial charge on any atom is 0.422 e. The second-order valence-electron chi connectivity index (χ2n) is 7.21. The molecule has 154 valence electrons. The normalized spacial score (nSPS) is 17.9. The number of carbonyl (C=O) groups excluding carboxylic acids is 2. The molecule has 2 amide bonds. The molecule has 0 atom stereocenters. The summed E-state index contributed by atoms with van der Waals surface area (Å²) in [5, 5.41) is 3.21. The van der Waals surface area contributed by atoms with E-state index in [-0.39, 0.29) is 28.1 Å². The molecule has 5 nitrogen and oxygen atoms in total. The van der Waals surface area contributed by atoms with Gasteiger partial charge in [0.25, 0.3) is 5.91 Å². The van der Waals surface area contributed by atoms with E-state index >= 15 is 0 Å². The number of hydrogen-bond acceptors (Lipinski definition) is 4. The molecule has 2 saturated heterocycles. The Hall–Kier alpha value is -2.26. The van der Waals surface area contributed by atoms with Crippen molar-refractivity contribution >= 4 is 34.8 Å². The van der Waals surface area contributed by atoms with Crippen molar-refractivity contribution < 1.29 is 27.5 Å². The fourth-order valence-corrected chi connectivity index (χ4v) is 4.93. The number of rotatable bonds is 4. The predicted molar refractivity (Wildman–Crippen MR) is 102 cm³/mol. The smallest absolute Gasteiger partial charge is 0.422 e. The molecule has 10 heteroatoms. The molecule has 3 heterocycles. The molecule has 2 aliphatic heterocycles. The van der Waals surface area contributed by atoms with Crippen LogP contribution in [-0.2, 0) is 4.79 Å². The van der Waals surface area contributed by atoms with Crippen molar-refractivity contribution in [3.05, 3.63) is 40.2 Å². The number of thiophene rings is 1. The highest BCUT2D eigenvalue weighted by Crippen LogP contribution is 2.39. The van der Waals surface area contributed by atoms with E-state index in [1.165, 1.54) is 23.5 Å². The van der Waals surface area contributed by atoms with Gasteiger partial charge in [0.1, 0.15) is 10.6 Å². The molecular weight excluding hydrogens is 429 g/mol. The molecule has 0 radical (unpaired) electrons. The highest BCUT2D eigenvalue weighted by molar-refractivity contribution is 7.18. The second-order valence-corrected chi connectivity index (χ2v) is 8.67. The van der Waals surface area contributed by atoms with Gasteiger partial charge in [0, 0.05) is 24.4 Å². The minimum Gasteiger partial charge on any atom is -0.484 e. The Kier molecular flexibility index (Phi) is 4.98. The molecule has 1 N–H and O–H groups in total. The average molecular weight is 445 g/mol. The first-order valence-electron chi connectivity index (χ1n) is 8.84. The van der Waals surface area contributed by atoms with Crippen molar-refractivity contribution in [1.82, 2.24) is 10.2 Å². The number of amides is 2. The van der Waals surface area contributed by atoms with E-state index in [4.69, 9.17) is 16.3 Å². The van der Waals surface area contributed by atoms with E-state index in [0.29, 0.717) is 41.2 Å². The van der Waals surface area contributed by atoms with Crippen molar-refractivity contribution in [3.63, 3.8) is 0 Å². The summed E-state index contributed by atoms with van der Waals surface area (Å²) in [6.07, 6.45) is -3.24. The van der Waals surface area contributed by atoms with Crippen LogP contribution in [0.25, 0.3) is 10.4 Å². The summed E-state index contributed by atoms with van der Waals surface area (Å²) < 4.78 is 41.8. The highest BCUT2D eigenvalue weighted by Gasteiger charge is 2.49. The van der Waals surface area contributed by atoms with Gasteiger partial charge in [0.05, 0.1) is 10.6 Å². The second kappa shape index (κ2) is 7.21. The lowest BCUT2D eigenvalue weighted by molar-refractivity contribution is -0.153. The molecule has 0 bridgehead atoms. The molecule has 1 spiro atoms. The Morgan fingerprint density at radius 3 is 2.72 bits per heavy atom. The number of likely N-dealkylation sites (tertiary alicyclic amines) is 1. The maximum absolute atomic E-state index is 12.8. The highest BCUT2D eigenvalue weighted by atomic mass is 35.5. The summed E-state index contributed by atoms with van der Waals surface area (Å²) in [7, 11) is 0. The molecule has 2 aromatic rings. The Labute approximate surface area is 173 Å². The number of ether oxygens (including phenoxy) is 1. The van der Waals surface area contributed by atoms with Gasteiger partial charge in [-0.25, -0.2) is 0 Å². The number of carbonyl (C=O) groups is 2. The largest absolute Gasteiger partial charge is 0.484 e. The van der Waals surface area contributed by atoms with Crippen LogP contribution in [0.5, 0.6) is 5.75 Å². The molecule has 1 aromatic carbocycles. The minimum atomic E-state index is -4.42. The van der Waals surface area contributed by atoms with Gasteiger partial charge in [-0.2, -0.15) is 13.2 Å². The lowest BCUT2D eigenvalue weighted by Gasteiger charge is -2.47. The summed E-state index contributed by atoms with van der Waals surface area (Å²) in [6, 6.07) is 7.83. The van der Waals surface area contributed by atoms with Crippen LogP contribution >= 0.6 is 22.9 Å². The van der Waals surface area contributed by atoms with Crippen molar-refractivity contribution in [1.29, 1.82) is 0 Å². The van der Waals surface area contributed by atoms with Crippen LogP contribution < -0.4 is 10.1 Å². The first-order chi connectivity index (χ1) is 13.6. The lowest BCUT2D eigenvalue weighted by atomic mass is 9.88. The van der Waals surface area contributed by atoms with Gasteiger partial charge in [-0.05, 0) is 30.2 Å². The van der Waals surface area contributed by atoms with Gasteiger partial charge in [-0.1, -0.05) is 23.7 Å². The molecule has 0 unspecified atom stereocenters. The molecule has 29 heavy (non-hydrogen) atoms. The molecule has 2 fully saturated rings. The van der Waals surface area contributed by atoms with Crippen LogP contribution in [0, 0.1) is 0 Å². The molecule has 2 aliphatic rings. The Balaban J connectivity index is 1.47. The Morgan fingerprint density at radius 1 is 1.31 bits per heavy atom. The summed E-state index contributed by atoms with van der Waals surface area (Å²) in [6.45, 7) is -0.484. The zero-order valence-corrected chi connectivity index (χ0v) is 16.6. The third-order valence-corrected chi connectivity index (χ3v) is 6.49. The van der Waals surface area contributed by atoms with Gasteiger partial charge >= 0.3 is 6.18 Å². The fraction of sp³-hybridized carbons (Fsp3) is 0.368. The van der Waals surface area contributed by atoms with Crippen LogP contribution in [0.2, 0.25) is 5.02 Å². The van der Waals surface area contributed by atoms with E-state index in [9.17, 15) is 22.8 Å². The van der Waals surface area contributed by atoms with E-state index in [1.54, 1.807) is 23.1 Å². The number of hydrogen-bond donors (Lipinski definition) is 1. The topological polar surface area (TPSA) is 58.6 Å². The first kappa shape index (κ1) is 20.0. The zero-order valence-electron chi connectivity index (χ0n) is 15.0. The van der Waals surface area contributed by atoms with E-state index < -0.39 is 12.8 Å². The van der Waals surface area contributed by atoms with Gasteiger partial charge in [-0.3, -0.25) is 9.59 Å². The summed E-state index contributed by atoms with van der Waals surface area (Å²) in [4.78, 5) is 26.9. The van der Waals surface area contributed by atoms with Gasteiger partial charge in [0.2, 0.25) is 5.91 Å². The van der Waals surface area contributed by atoms with Crippen LogP contribution in [0.3, 0.4) is 0 Å². The van der Waals surface area contributed by atoms with Gasteiger partial charge in [0.15, 0.2) is 6.61 Å². The first-order valence-corrected chi connectivity index (χ1v) is 10.0. The molecule has 1 aromatic heterocycles. The van der Waals surface area contributed by atoms with Crippen molar-refractivity contribution in [2.75, 3.05) is 19.7 Å². The third-order valence-electron chi connectivity index (χ3n) is 4.91. The van der Waals surface area contributed by atoms with Crippen molar-refractivity contribution in [3.8, 4) is 16.2 Å². The van der Waals surface area contributed by atoms with Crippen LogP contribution in [0.15, 0.2) is 30.3 Å². The van der Waals surface area contributed by atoms with Crippen molar-refractivity contribution in [2.45, 2.75) is 24.6 Å².